The Morgan fingerprint density at radius 2 is 2.18 bits per heavy atom. The van der Waals surface area contributed by atoms with Crippen molar-refractivity contribution < 1.29 is 19.4 Å². The second-order valence-corrected chi connectivity index (χ2v) is 4.72. The predicted octanol–water partition coefficient (Wildman–Crippen LogP) is -0.846. The first kappa shape index (κ1) is 12.3. The van der Waals surface area contributed by atoms with Crippen LogP contribution >= 0.6 is 0 Å². The number of carbonyl (C=O) groups is 2. The average molecular weight is 242 g/mol. The summed E-state index contributed by atoms with van der Waals surface area (Å²) in [6, 6.07) is 0. The zero-order valence-corrected chi connectivity index (χ0v) is 9.89. The Kier molecular flexibility index (Phi) is 3.63. The van der Waals surface area contributed by atoms with Crippen molar-refractivity contribution in [1.29, 1.82) is 0 Å². The number of amides is 1. The molecule has 0 spiro atoms. The molecule has 0 aromatic rings. The van der Waals surface area contributed by atoms with E-state index in [1.807, 2.05) is 6.92 Å². The number of rotatable bonds is 2. The molecule has 2 aliphatic heterocycles. The normalized spacial score (nSPS) is 33.7. The number of nitrogens with one attached hydrogen (secondary N) is 1. The summed E-state index contributed by atoms with van der Waals surface area (Å²) in [7, 11) is 0. The van der Waals surface area contributed by atoms with E-state index in [-0.39, 0.29) is 18.4 Å². The maximum absolute atomic E-state index is 12.2. The summed E-state index contributed by atoms with van der Waals surface area (Å²) < 4.78 is 5.10. The van der Waals surface area contributed by atoms with Crippen LogP contribution in [0.5, 0.6) is 0 Å². The Bertz CT molecular complexity index is 321. The van der Waals surface area contributed by atoms with E-state index in [4.69, 9.17) is 9.84 Å². The summed E-state index contributed by atoms with van der Waals surface area (Å²) in [5.41, 5.74) is 0. The molecule has 1 amide bonds. The van der Waals surface area contributed by atoms with Gasteiger partial charge < -0.3 is 20.1 Å². The van der Waals surface area contributed by atoms with Crippen LogP contribution in [-0.4, -0.2) is 60.8 Å². The Balaban J connectivity index is 1.97. The number of carboxylic acids is 1. The first-order valence-corrected chi connectivity index (χ1v) is 5.93. The van der Waals surface area contributed by atoms with Crippen LogP contribution < -0.4 is 5.32 Å². The van der Waals surface area contributed by atoms with Crippen LogP contribution in [0.1, 0.15) is 6.92 Å². The minimum atomic E-state index is -1.000. The van der Waals surface area contributed by atoms with E-state index in [9.17, 15) is 9.59 Å². The van der Waals surface area contributed by atoms with Crippen molar-refractivity contribution in [2.24, 2.45) is 11.8 Å². The molecule has 0 aromatic carbocycles. The lowest BCUT2D eigenvalue weighted by Crippen LogP contribution is -2.51. The van der Waals surface area contributed by atoms with Gasteiger partial charge in [0.1, 0.15) is 0 Å². The smallest absolute Gasteiger partial charge is 0.334 e. The van der Waals surface area contributed by atoms with Gasteiger partial charge in [-0.1, -0.05) is 6.92 Å². The number of hydrogen-bond acceptors (Lipinski definition) is 4. The van der Waals surface area contributed by atoms with Gasteiger partial charge in [-0.3, -0.25) is 4.79 Å². The van der Waals surface area contributed by atoms with E-state index in [0.29, 0.717) is 25.6 Å². The minimum Gasteiger partial charge on any atom is -0.479 e. The molecular weight excluding hydrogens is 224 g/mol. The highest BCUT2D eigenvalue weighted by Gasteiger charge is 2.36. The third kappa shape index (κ3) is 2.58. The molecule has 96 valence electrons. The zero-order valence-electron chi connectivity index (χ0n) is 9.89. The average Bonchev–Trinajstić information content (AvgIpc) is 2.74. The van der Waals surface area contributed by atoms with Crippen LogP contribution in [0, 0.1) is 11.8 Å². The molecule has 0 aromatic heterocycles. The molecule has 6 nitrogen and oxygen atoms in total. The minimum absolute atomic E-state index is 0.0254. The van der Waals surface area contributed by atoms with Crippen LogP contribution in [0.4, 0.5) is 0 Å². The van der Waals surface area contributed by atoms with E-state index in [2.05, 4.69) is 5.32 Å². The number of aliphatic carboxylic acids is 1. The van der Waals surface area contributed by atoms with Crippen molar-refractivity contribution in [2.45, 2.75) is 13.0 Å². The van der Waals surface area contributed by atoms with Gasteiger partial charge in [0, 0.05) is 13.1 Å². The lowest BCUT2D eigenvalue weighted by Gasteiger charge is -2.33. The van der Waals surface area contributed by atoms with Crippen molar-refractivity contribution in [1.82, 2.24) is 10.2 Å². The number of carboxylic acid groups (broad SMARTS) is 1. The Hall–Kier alpha value is -1.14. The summed E-state index contributed by atoms with van der Waals surface area (Å²) in [5, 5.41) is 12.1. The van der Waals surface area contributed by atoms with Crippen molar-refractivity contribution in [3.05, 3.63) is 0 Å². The SMILES string of the molecule is C[C@@H]1CNC[C@H]1C(=O)N1CCOC(C(=O)O)C1. The van der Waals surface area contributed by atoms with Crippen LogP contribution in [0.25, 0.3) is 0 Å². The summed E-state index contributed by atoms with van der Waals surface area (Å²) in [6.45, 7) is 4.54. The lowest BCUT2D eigenvalue weighted by molar-refractivity contribution is -0.160. The molecule has 17 heavy (non-hydrogen) atoms. The van der Waals surface area contributed by atoms with E-state index in [0.717, 1.165) is 6.54 Å². The third-order valence-corrected chi connectivity index (χ3v) is 3.49. The van der Waals surface area contributed by atoms with Gasteiger partial charge >= 0.3 is 5.97 Å². The van der Waals surface area contributed by atoms with Crippen LogP contribution in [0.3, 0.4) is 0 Å². The molecule has 1 unspecified atom stereocenters. The topological polar surface area (TPSA) is 78.9 Å². The highest BCUT2D eigenvalue weighted by atomic mass is 16.5. The summed E-state index contributed by atoms with van der Waals surface area (Å²) in [4.78, 5) is 24.7. The quantitative estimate of drug-likeness (QED) is 0.659. The van der Waals surface area contributed by atoms with Gasteiger partial charge in [0.25, 0.3) is 0 Å². The lowest BCUT2D eigenvalue weighted by atomic mass is 9.96. The first-order chi connectivity index (χ1) is 8.09. The van der Waals surface area contributed by atoms with E-state index >= 15 is 0 Å². The summed E-state index contributed by atoms with van der Waals surface area (Å²) in [5.74, 6) is -0.659. The largest absolute Gasteiger partial charge is 0.479 e. The number of ether oxygens (including phenoxy) is 1. The standard InChI is InChI=1S/C11H18N2O4/c1-7-4-12-5-8(7)10(14)13-2-3-17-9(6-13)11(15)16/h7-9,12H,2-6H2,1H3,(H,15,16)/t7-,8-,9?/m1/s1. The van der Waals surface area contributed by atoms with Gasteiger partial charge in [0.15, 0.2) is 6.10 Å². The fourth-order valence-corrected chi connectivity index (χ4v) is 2.37. The molecule has 0 bridgehead atoms. The fraction of sp³-hybridized carbons (Fsp3) is 0.818. The second-order valence-electron chi connectivity index (χ2n) is 4.72. The molecule has 2 saturated heterocycles. The van der Waals surface area contributed by atoms with Crippen molar-refractivity contribution >= 4 is 11.9 Å². The molecule has 2 heterocycles. The van der Waals surface area contributed by atoms with Gasteiger partial charge in [0.2, 0.25) is 5.91 Å². The molecule has 2 aliphatic rings. The number of nitrogens with zero attached hydrogens (tertiary/aromatic N) is 1. The predicted molar refractivity (Wildman–Crippen MR) is 59.5 cm³/mol. The van der Waals surface area contributed by atoms with Crippen LogP contribution in [0.2, 0.25) is 0 Å². The monoisotopic (exact) mass is 242 g/mol. The van der Waals surface area contributed by atoms with Gasteiger partial charge in [-0.25, -0.2) is 4.79 Å². The van der Waals surface area contributed by atoms with E-state index < -0.39 is 12.1 Å². The zero-order chi connectivity index (χ0) is 12.4. The van der Waals surface area contributed by atoms with Crippen molar-refractivity contribution in [3.63, 3.8) is 0 Å². The maximum Gasteiger partial charge on any atom is 0.334 e. The van der Waals surface area contributed by atoms with Crippen LogP contribution in [-0.2, 0) is 14.3 Å². The molecule has 2 N–H and O–H groups in total. The summed E-state index contributed by atoms with van der Waals surface area (Å²) in [6.07, 6.45) is -0.877. The maximum atomic E-state index is 12.2. The fourth-order valence-electron chi connectivity index (χ4n) is 2.37. The molecule has 0 saturated carbocycles. The number of carbonyl (C=O) groups excluding carboxylic acids is 1. The molecule has 2 rings (SSSR count). The molecule has 2 fully saturated rings. The highest BCUT2D eigenvalue weighted by molar-refractivity contribution is 5.81. The highest BCUT2D eigenvalue weighted by Crippen LogP contribution is 2.20. The molecular formula is C11H18N2O4. The molecule has 0 radical (unpaired) electrons. The number of hydrogen-bond donors (Lipinski definition) is 2. The third-order valence-electron chi connectivity index (χ3n) is 3.49. The van der Waals surface area contributed by atoms with Gasteiger partial charge in [-0.15, -0.1) is 0 Å². The Labute approximate surface area is 99.9 Å². The van der Waals surface area contributed by atoms with Crippen LogP contribution in [0.15, 0.2) is 0 Å². The van der Waals surface area contributed by atoms with Crippen molar-refractivity contribution in [2.75, 3.05) is 32.8 Å². The van der Waals surface area contributed by atoms with Gasteiger partial charge in [0.05, 0.1) is 19.1 Å². The van der Waals surface area contributed by atoms with E-state index in [1.54, 1.807) is 4.90 Å². The number of morpholine rings is 1. The van der Waals surface area contributed by atoms with Gasteiger partial charge in [-0.2, -0.15) is 0 Å². The second kappa shape index (κ2) is 5.01. The first-order valence-electron chi connectivity index (χ1n) is 5.93. The molecule has 6 heteroatoms. The van der Waals surface area contributed by atoms with Crippen molar-refractivity contribution in [3.8, 4) is 0 Å². The summed E-state index contributed by atoms with van der Waals surface area (Å²) >= 11 is 0. The van der Waals surface area contributed by atoms with E-state index in [1.165, 1.54) is 0 Å². The van der Waals surface area contributed by atoms with Gasteiger partial charge in [-0.05, 0) is 12.5 Å². The Morgan fingerprint density at radius 1 is 1.41 bits per heavy atom. The molecule has 3 atom stereocenters. The Morgan fingerprint density at radius 3 is 2.76 bits per heavy atom. The molecule has 0 aliphatic carbocycles.